The second-order valence-electron chi connectivity index (χ2n) is 4.44. The van der Waals surface area contributed by atoms with Crippen molar-refractivity contribution in [2.45, 2.75) is 6.42 Å². The highest BCUT2D eigenvalue weighted by atomic mass is 16.5. The minimum atomic E-state index is -1.20. The van der Waals surface area contributed by atoms with Gasteiger partial charge in [-0.2, -0.15) is 0 Å². The SMILES string of the molecule is NC(=O)CN(CC(=O)O)C(=O)c1ccc2c(c1)CCO2. The average Bonchev–Trinajstić information content (AvgIpc) is 2.83. The summed E-state index contributed by atoms with van der Waals surface area (Å²) >= 11 is 0. The molecular formula is C13H14N2O5. The summed E-state index contributed by atoms with van der Waals surface area (Å²) in [6.45, 7) is -0.443. The number of primary amides is 1. The standard InChI is InChI=1S/C13H14N2O5/c14-11(16)6-15(7-12(17)18)13(19)9-1-2-10-8(5-9)3-4-20-10/h1-2,5H,3-4,6-7H2,(H2,14,16)(H,17,18). The summed E-state index contributed by atoms with van der Waals surface area (Å²) in [5.41, 5.74) is 6.24. The fourth-order valence-electron chi connectivity index (χ4n) is 2.05. The first kappa shape index (κ1) is 13.9. The van der Waals surface area contributed by atoms with E-state index in [-0.39, 0.29) is 0 Å². The van der Waals surface area contributed by atoms with Gasteiger partial charge in [0.15, 0.2) is 0 Å². The van der Waals surface area contributed by atoms with Crippen molar-refractivity contribution in [3.8, 4) is 5.75 Å². The molecule has 0 atom stereocenters. The van der Waals surface area contributed by atoms with Crippen molar-refractivity contribution in [3.63, 3.8) is 0 Å². The number of hydrogen-bond acceptors (Lipinski definition) is 4. The molecule has 0 spiro atoms. The van der Waals surface area contributed by atoms with Gasteiger partial charge in [0, 0.05) is 12.0 Å². The Hall–Kier alpha value is -2.57. The van der Waals surface area contributed by atoms with Crippen molar-refractivity contribution in [2.24, 2.45) is 5.73 Å². The lowest BCUT2D eigenvalue weighted by molar-refractivity contribution is -0.138. The number of carboxylic acids is 1. The number of carbonyl (C=O) groups is 3. The van der Waals surface area contributed by atoms with E-state index in [0.717, 1.165) is 16.2 Å². The lowest BCUT2D eigenvalue weighted by Gasteiger charge is -2.19. The zero-order valence-corrected chi connectivity index (χ0v) is 10.7. The number of nitrogens with zero attached hydrogens (tertiary/aromatic N) is 1. The van der Waals surface area contributed by atoms with Crippen LogP contribution in [0.2, 0.25) is 0 Å². The third kappa shape index (κ3) is 3.05. The molecule has 1 aromatic rings. The molecule has 106 valence electrons. The van der Waals surface area contributed by atoms with Crippen LogP contribution in [-0.4, -0.2) is 47.5 Å². The minimum Gasteiger partial charge on any atom is -0.493 e. The molecule has 0 saturated heterocycles. The van der Waals surface area contributed by atoms with Crippen LogP contribution in [0.3, 0.4) is 0 Å². The Labute approximate surface area is 114 Å². The molecule has 0 unspecified atom stereocenters. The Kier molecular flexibility index (Phi) is 3.88. The summed E-state index contributed by atoms with van der Waals surface area (Å²) in [6.07, 6.45) is 0.700. The van der Waals surface area contributed by atoms with Gasteiger partial charge in [-0.3, -0.25) is 14.4 Å². The number of rotatable bonds is 5. The first-order chi connectivity index (χ1) is 9.47. The first-order valence-corrected chi connectivity index (χ1v) is 6.02. The Balaban J connectivity index is 2.22. The molecule has 7 nitrogen and oxygen atoms in total. The largest absolute Gasteiger partial charge is 0.493 e. The number of nitrogens with two attached hydrogens (primary N) is 1. The third-order valence-electron chi connectivity index (χ3n) is 2.90. The van der Waals surface area contributed by atoms with E-state index >= 15 is 0 Å². The number of fused-ring (bicyclic) bond motifs is 1. The van der Waals surface area contributed by atoms with E-state index in [1.165, 1.54) is 0 Å². The topological polar surface area (TPSA) is 110 Å². The van der Waals surface area contributed by atoms with E-state index in [1.54, 1.807) is 18.2 Å². The van der Waals surface area contributed by atoms with Crippen molar-refractivity contribution in [2.75, 3.05) is 19.7 Å². The monoisotopic (exact) mass is 278 g/mol. The maximum atomic E-state index is 12.2. The number of aliphatic carboxylic acids is 1. The molecular weight excluding hydrogens is 264 g/mol. The smallest absolute Gasteiger partial charge is 0.323 e. The molecule has 0 bridgehead atoms. The predicted molar refractivity (Wildman–Crippen MR) is 68.4 cm³/mol. The summed E-state index contributed by atoms with van der Waals surface area (Å²) in [6, 6.07) is 4.86. The van der Waals surface area contributed by atoms with Gasteiger partial charge in [-0.25, -0.2) is 0 Å². The lowest BCUT2D eigenvalue weighted by atomic mass is 10.1. The molecule has 7 heteroatoms. The van der Waals surface area contributed by atoms with Crippen molar-refractivity contribution in [1.29, 1.82) is 0 Å². The summed E-state index contributed by atoms with van der Waals surface area (Å²) in [5.74, 6) is -1.78. The van der Waals surface area contributed by atoms with E-state index < -0.39 is 30.9 Å². The Morgan fingerprint density at radius 2 is 2.05 bits per heavy atom. The maximum Gasteiger partial charge on any atom is 0.323 e. The van der Waals surface area contributed by atoms with Gasteiger partial charge in [0.05, 0.1) is 6.61 Å². The van der Waals surface area contributed by atoms with Crippen LogP contribution >= 0.6 is 0 Å². The summed E-state index contributed by atoms with van der Waals surface area (Å²) in [4.78, 5) is 34.8. The van der Waals surface area contributed by atoms with Gasteiger partial charge >= 0.3 is 5.97 Å². The van der Waals surface area contributed by atoms with Crippen LogP contribution < -0.4 is 10.5 Å². The average molecular weight is 278 g/mol. The quantitative estimate of drug-likeness (QED) is 0.763. The van der Waals surface area contributed by atoms with Crippen LogP contribution in [0.1, 0.15) is 15.9 Å². The zero-order valence-electron chi connectivity index (χ0n) is 10.7. The summed E-state index contributed by atoms with van der Waals surface area (Å²) in [7, 11) is 0. The molecule has 0 radical (unpaired) electrons. The van der Waals surface area contributed by atoms with Gasteiger partial charge in [-0.15, -0.1) is 0 Å². The number of ether oxygens (including phenoxy) is 1. The van der Waals surface area contributed by atoms with E-state index in [1.807, 2.05) is 0 Å². The molecule has 0 fully saturated rings. The van der Waals surface area contributed by atoms with Crippen LogP contribution in [0.15, 0.2) is 18.2 Å². The fraction of sp³-hybridized carbons (Fsp3) is 0.308. The van der Waals surface area contributed by atoms with Crippen LogP contribution in [0.25, 0.3) is 0 Å². The van der Waals surface area contributed by atoms with Crippen molar-refractivity contribution >= 4 is 17.8 Å². The van der Waals surface area contributed by atoms with Gasteiger partial charge < -0.3 is 20.5 Å². The van der Waals surface area contributed by atoms with Crippen LogP contribution in [0.4, 0.5) is 0 Å². The molecule has 1 heterocycles. The first-order valence-electron chi connectivity index (χ1n) is 6.02. The second kappa shape index (κ2) is 5.60. The van der Waals surface area contributed by atoms with E-state index in [2.05, 4.69) is 0 Å². The van der Waals surface area contributed by atoms with Crippen LogP contribution in [0, 0.1) is 0 Å². The molecule has 3 N–H and O–H groups in total. The number of carboxylic acid groups (broad SMARTS) is 1. The molecule has 0 aliphatic carbocycles. The summed E-state index contributed by atoms with van der Waals surface area (Å²) < 4.78 is 5.33. The van der Waals surface area contributed by atoms with Gasteiger partial charge in [-0.1, -0.05) is 0 Å². The Morgan fingerprint density at radius 1 is 1.30 bits per heavy atom. The van der Waals surface area contributed by atoms with Gasteiger partial charge in [-0.05, 0) is 23.8 Å². The van der Waals surface area contributed by atoms with Gasteiger partial charge in [0.25, 0.3) is 5.91 Å². The van der Waals surface area contributed by atoms with Gasteiger partial charge in [0.1, 0.15) is 18.8 Å². The molecule has 0 aromatic heterocycles. The summed E-state index contributed by atoms with van der Waals surface area (Å²) in [5, 5.41) is 8.78. The molecule has 1 aliphatic rings. The molecule has 1 aromatic carbocycles. The number of carbonyl (C=O) groups excluding carboxylic acids is 2. The number of amides is 2. The highest BCUT2D eigenvalue weighted by molar-refractivity contribution is 5.98. The zero-order chi connectivity index (χ0) is 14.7. The number of benzene rings is 1. The Morgan fingerprint density at radius 3 is 2.70 bits per heavy atom. The Bertz CT molecular complexity index is 554. The van der Waals surface area contributed by atoms with E-state index in [4.69, 9.17) is 15.6 Å². The van der Waals surface area contributed by atoms with Crippen molar-refractivity contribution in [1.82, 2.24) is 4.90 Å². The maximum absolute atomic E-state index is 12.2. The molecule has 20 heavy (non-hydrogen) atoms. The van der Waals surface area contributed by atoms with Gasteiger partial charge in [0.2, 0.25) is 5.91 Å². The fourth-order valence-corrected chi connectivity index (χ4v) is 2.05. The molecule has 2 rings (SSSR count). The van der Waals surface area contributed by atoms with Crippen molar-refractivity contribution in [3.05, 3.63) is 29.3 Å². The van der Waals surface area contributed by atoms with E-state index in [0.29, 0.717) is 18.6 Å². The van der Waals surface area contributed by atoms with Crippen molar-refractivity contribution < 1.29 is 24.2 Å². The highest BCUT2D eigenvalue weighted by Gasteiger charge is 2.22. The second-order valence-corrected chi connectivity index (χ2v) is 4.44. The third-order valence-corrected chi connectivity index (χ3v) is 2.90. The predicted octanol–water partition coefficient (Wildman–Crippen LogP) is -0.366. The lowest BCUT2D eigenvalue weighted by Crippen LogP contribution is -2.41. The normalized spacial score (nSPS) is 12.4. The molecule has 1 aliphatic heterocycles. The van der Waals surface area contributed by atoms with Crippen LogP contribution in [-0.2, 0) is 16.0 Å². The minimum absolute atomic E-state index is 0.316. The highest BCUT2D eigenvalue weighted by Crippen LogP contribution is 2.26. The molecule has 0 saturated carbocycles. The molecule has 2 amide bonds. The number of hydrogen-bond donors (Lipinski definition) is 2. The van der Waals surface area contributed by atoms with E-state index in [9.17, 15) is 14.4 Å². The van der Waals surface area contributed by atoms with Crippen LogP contribution in [0.5, 0.6) is 5.75 Å².